The molecule has 0 radical (unpaired) electrons. The fraction of sp³-hybridized carbons (Fsp3) is 0.118. The first-order valence-electron chi connectivity index (χ1n) is 6.31. The molecule has 1 N–H and O–H groups in total. The summed E-state index contributed by atoms with van der Waals surface area (Å²) in [5, 5.41) is 8.78. The second-order valence-corrected chi connectivity index (χ2v) is 4.56. The van der Waals surface area contributed by atoms with Crippen molar-refractivity contribution in [1.29, 1.82) is 0 Å². The summed E-state index contributed by atoms with van der Waals surface area (Å²) in [6.45, 7) is 3.72. The molecule has 2 rings (SSSR count). The van der Waals surface area contributed by atoms with Gasteiger partial charge in [0.1, 0.15) is 11.5 Å². The van der Waals surface area contributed by atoms with E-state index in [2.05, 4.69) is 0 Å². The van der Waals surface area contributed by atoms with E-state index in [1.165, 1.54) is 6.08 Å². The summed E-state index contributed by atoms with van der Waals surface area (Å²) in [6, 6.07) is 15.2. The summed E-state index contributed by atoms with van der Waals surface area (Å²) < 4.78 is 5.74. The van der Waals surface area contributed by atoms with Crippen LogP contribution in [-0.4, -0.2) is 11.1 Å². The normalized spacial score (nSPS) is 11.2. The maximum Gasteiger partial charge on any atom is 0.328 e. The first-order valence-corrected chi connectivity index (χ1v) is 6.31. The SMILES string of the molecule is C/C(=C\C(=O)O)c1ccc(Oc2ccccc2)cc1C. The molecule has 20 heavy (non-hydrogen) atoms. The molecule has 0 spiro atoms. The van der Waals surface area contributed by atoms with Crippen molar-refractivity contribution < 1.29 is 14.6 Å². The van der Waals surface area contributed by atoms with Crippen molar-refractivity contribution in [1.82, 2.24) is 0 Å². The van der Waals surface area contributed by atoms with E-state index in [0.717, 1.165) is 28.2 Å². The fourth-order valence-corrected chi connectivity index (χ4v) is 2.03. The van der Waals surface area contributed by atoms with E-state index in [-0.39, 0.29) is 0 Å². The highest BCUT2D eigenvalue weighted by molar-refractivity contribution is 5.90. The summed E-state index contributed by atoms with van der Waals surface area (Å²) in [4.78, 5) is 10.7. The lowest BCUT2D eigenvalue weighted by atomic mass is 10.0. The Hall–Kier alpha value is -2.55. The minimum Gasteiger partial charge on any atom is -0.478 e. The summed E-state index contributed by atoms with van der Waals surface area (Å²) in [5.41, 5.74) is 2.61. The number of rotatable bonds is 4. The van der Waals surface area contributed by atoms with Crippen LogP contribution in [-0.2, 0) is 4.79 Å². The minimum atomic E-state index is -0.938. The van der Waals surface area contributed by atoms with E-state index >= 15 is 0 Å². The Labute approximate surface area is 118 Å². The van der Waals surface area contributed by atoms with Crippen LogP contribution in [0, 0.1) is 6.92 Å². The van der Waals surface area contributed by atoms with E-state index < -0.39 is 5.97 Å². The van der Waals surface area contributed by atoms with E-state index in [0.29, 0.717) is 0 Å². The van der Waals surface area contributed by atoms with E-state index in [1.807, 2.05) is 55.5 Å². The molecule has 0 aliphatic rings. The molecular formula is C17H16O3. The van der Waals surface area contributed by atoms with Gasteiger partial charge >= 0.3 is 5.97 Å². The number of para-hydroxylation sites is 1. The number of hydrogen-bond acceptors (Lipinski definition) is 2. The molecule has 3 nitrogen and oxygen atoms in total. The predicted octanol–water partition coefficient (Wildman–Crippen LogP) is 4.28. The summed E-state index contributed by atoms with van der Waals surface area (Å²) >= 11 is 0. The largest absolute Gasteiger partial charge is 0.478 e. The molecule has 2 aromatic rings. The molecule has 2 aromatic carbocycles. The van der Waals surface area contributed by atoms with Crippen molar-refractivity contribution in [3.8, 4) is 11.5 Å². The predicted molar refractivity (Wildman–Crippen MR) is 79.0 cm³/mol. The zero-order valence-electron chi connectivity index (χ0n) is 11.5. The highest BCUT2D eigenvalue weighted by Gasteiger charge is 2.05. The van der Waals surface area contributed by atoms with Crippen molar-refractivity contribution in [2.45, 2.75) is 13.8 Å². The monoisotopic (exact) mass is 268 g/mol. The maximum atomic E-state index is 10.7. The van der Waals surface area contributed by atoms with Gasteiger partial charge in [-0.25, -0.2) is 4.79 Å². The van der Waals surface area contributed by atoms with Crippen molar-refractivity contribution in [2.75, 3.05) is 0 Å². The Bertz CT molecular complexity index is 643. The van der Waals surface area contributed by atoms with Gasteiger partial charge in [0, 0.05) is 6.08 Å². The van der Waals surface area contributed by atoms with Gasteiger partial charge in [-0.15, -0.1) is 0 Å². The quantitative estimate of drug-likeness (QED) is 0.842. The number of allylic oxidation sites excluding steroid dienone is 1. The van der Waals surface area contributed by atoms with Gasteiger partial charge in [0.2, 0.25) is 0 Å². The lowest BCUT2D eigenvalue weighted by molar-refractivity contribution is -0.131. The van der Waals surface area contributed by atoms with Crippen LogP contribution < -0.4 is 4.74 Å². The van der Waals surface area contributed by atoms with Crippen LogP contribution >= 0.6 is 0 Å². The number of aliphatic carboxylic acids is 1. The minimum absolute atomic E-state index is 0.723. The molecule has 0 saturated heterocycles. The van der Waals surface area contributed by atoms with Gasteiger partial charge < -0.3 is 9.84 Å². The Balaban J connectivity index is 2.24. The summed E-state index contributed by atoms with van der Waals surface area (Å²) in [7, 11) is 0. The highest BCUT2D eigenvalue weighted by Crippen LogP contribution is 2.26. The fourth-order valence-electron chi connectivity index (χ4n) is 2.03. The number of carboxylic acids is 1. The van der Waals surface area contributed by atoms with Gasteiger partial charge in [-0.05, 0) is 54.8 Å². The van der Waals surface area contributed by atoms with Crippen molar-refractivity contribution >= 4 is 11.5 Å². The van der Waals surface area contributed by atoms with Gasteiger partial charge in [0.15, 0.2) is 0 Å². The van der Waals surface area contributed by atoms with Crippen LogP contribution in [0.5, 0.6) is 11.5 Å². The summed E-state index contributed by atoms with van der Waals surface area (Å²) in [5.74, 6) is 0.574. The van der Waals surface area contributed by atoms with Crippen LogP contribution in [0.1, 0.15) is 18.1 Å². The second-order valence-electron chi connectivity index (χ2n) is 4.56. The standard InChI is InChI=1S/C17H16O3/c1-12-10-15(20-14-6-4-3-5-7-14)8-9-16(12)13(2)11-17(18)19/h3-11H,1-2H3,(H,18,19)/b13-11+. The average molecular weight is 268 g/mol. The van der Waals surface area contributed by atoms with Crippen LogP contribution in [0.4, 0.5) is 0 Å². The summed E-state index contributed by atoms with van der Waals surface area (Å²) in [6.07, 6.45) is 1.21. The lowest BCUT2D eigenvalue weighted by Gasteiger charge is -2.10. The van der Waals surface area contributed by atoms with Gasteiger partial charge in [-0.3, -0.25) is 0 Å². The number of aryl methyl sites for hydroxylation is 1. The topological polar surface area (TPSA) is 46.5 Å². The average Bonchev–Trinajstić information content (AvgIpc) is 2.39. The molecular weight excluding hydrogens is 252 g/mol. The zero-order chi connectivity index (χ0) is 14.5. The first-order chi connectivity index (χ1) is 9.56. The Morgan fingerprint density at radius 3 is 2.40 bits per heavy atom. The zero-order valence-corrected chi connectivity index (χ0v) is 11.5. The van der Waals surface area contributed by atoms with E-state index in [1.54, 1.807) is 6.92 Å². The molecule has 0 unspecified atom stereocenters. The molecule has 0 saturated carbocycles. The van der Waals surface area contributed by atoms with Crippen LogP contribution in [0.25, 0.3) is 5.57 Å². The van der Waals surface area contributed by atoms with Crippen molar-refractivity contribution in [3.05, 3.63) is 65.7 Å². The van der Waals surface area contributed by atoms with Gasteiger partial charge in [-0.1, -0.05) is 24.3 Å². The molecule has 0 aliphatic heterocycles. The molecule has 0 heterocycles. The number of carboxylic acid groups (broad SMARTS) is 1. The molecule has 0 atom stereocenters. The number of carbonyl (C=O) groups is 1. The third kappa shape index (κ3) is 3.48. The van der Waals surface area contributed by atoms with Crippen LogP contribution in [0.2, 0.25) is 0 Å². The maximum absolute atomic E-state index is 10.7. The van der Waals surface area contributed by atoms with Crippen LogP contribution in [0.3, 0.4) is 0 Å². The Morgan fingerprint density at radius 1 is 1.10 bits per heavy atom. The molecule has 0 bridgehead atoms. The lowest BCUT2D eigenvalue weighted by Crippen LogP contribution is -1.93. The smallest absolute Gasteiger partial charge is 0.328 e. The third-order valence-corrected chi connectivity index (χ3v) is 2.94. The Morgan fingerprint density at radius 2 is 1.80 bits per heavy atom. The first kappa shape index (κ1) is 13.9. The van der Waals surface area contributed by atoms with Crippen LogP contribution in [0.15, 0.2) is 54.6 Å². The second kappa shape index (κ2) is 6.06. The van der Waals surface area contributed by atoms with Gasteiger partial charge in [0.25, 0.3) is 0 Å². The van der Waals surface area contributed by atoms with E-state index in [9.17, 15) is 4.79 Å². The third-order valence-electron chi connectivity index (χ3n) is 2.94. The van der Waals surface area contributed by atoms with Gasteiger partial charge in [-0.2, -0.15) is 0 Å². The molecule has 0 amide bonds. The van der Waals surface area contributed by atoms with Crippen molar-refractivity contribution in [3.63, 3.8) is 0 Å². The number of ether oxygens (including phenoxy) is 1. The number of hydrogen-bond donors (Lipinski definition) is 1. The molecule has 0 aromatic heterocycles. The molecule has 3 heteroatoms. The highest BCUT2D eigenvalue weighted by atomic mass is 16.5. The Kier molecular flexibility index (Phi) is 4.20. The molecule has 102 valence electrons. The molecule has 0 fully saturated rings. The number of benzene rings is 2. The van der Waals surface area contributed by atoms with Gasteiger partial charge in [0.05, 0.1) is 0 Å². The molecule has 0 aliphatic carbocycles. The van der Waals surface area contributed by atoms with Crippen molar-refractivity contribution in [2.24, 2.45) is 0 Å². The van der Waals surface area contributed by atoms with E-state index in [4.69, 9.17) is 9.84 Å².